The first-order valence-corrected chi connectivity index (χ1v) is 11.5. The molecule has 32 heavy (non-hydrogen) atoms. The van der Waals surface area contributed by atoms with Crippen molar-refractivity contribution in [2.45, 2.75) is 38.5 Å². The molecular weight excluding hydrogens is 409 g/mol. The predicted molar refractivity (Wildman–Crippen MR) is 120 cm³/mol. The zero-order chi connectivity index (χ0) is 22.7. The number of piperidine rings is 1. The molecule has 3 aliphatic rings. The van der Waals surface area contributed by atoms with Gasteiger partial charge in [-0.25, -0.2) is 4.39 Å². The molecule has 0 aromatic heterocycles. The third-order valence-corrected chi connectivity index (χ3v) is 6.94. The van der Waals surface area contributed by atoms with E-state index in [1.54, 1.807) is 24.3 Å². The Kier molecular flexibility index (Phi) is 6.94. The molecule has 0 spiro atoms. The molecule has 4 rings (SSSR count). The highest BCUT2D eigenvalue weighted by Gasteiger charge is 2.32. The van der Waals surface area contributed by atoms with Gasteiger partial charge in [-0.05, 0) is 68.0 Å². The van der Waals surface area contributed by atoms with Crippen LogP contribution < -0.4 is 5.32 Å². The lowest BCUT2D eigenvalue weighted by atomic mass is 9.89. The fourth-order valence-electron chi connectivity index (χ4n) is 4.91. The second-order valence-corrected chi connectivity index (χ2v) is 9.31. The molecule has 7 heteroatoms. The van der Waals surface area contributed by atoms with Crippen molar-refractivity contribution >= 4 is 11.8 Å². The number of benzene rings is 1. The largest absolute Gasteiger partial charge is 0.512 e. The van der Waals surface area contributed by atoms with Crippen LogP contribution in [0.4, 0.5) is 4.39 Å². The van der Waals surface area contributed by atoms with Gasteiger partial charge in [0.05, 0.1) is 18.2 Å². The van der Waals surface area contributed by atoms with E-state index < -0.39 is 0 Å². The SMILES string of the molecule is CC1CC(NC(=O)C2CCN(CC(=O)N3CCC(c4cccc(F)c4)CC3)C2)=CC=C1O. The number of carbonyl (C=O) groups is 2. The van der Waals surface area contributed by atoms with Crippen molar-refractivity contribution in [2.24, 2.45) is 11.8 Å². The van der Waals surface area contributed by atoms with E-state index in [1.165, 1.54) is 6.07 Å². The molecule has 172 valence electrons. The van der Waals surface area contributed by atoms with Crippen LogP contribution in [0.25, 0.3) is 0 Å². The number of hydrogen-bond donors (Lipinski definition) is 2. The lowest BCUT2D eigenvalue weighted by molar-refractivity contribution is -0.133. The van der Waals surface area contributed by atoms with Gasteiger partial charge in [0.25, 0.3) is 0 Å². The first-order valence-electron chi connectivity index (χ1n) is 11.5. The van der Waals surface area contributed by atoms with E-state index >= 15 is 0 Å². The second-order valence-electron chi connectivity index (χ2n) is 9.31. The summed E-state index contributed by atoms with van der Waals surface area (Å²) in [5.41, 5.74) is 1.84. The Labute approximate surface area is 188 Å². The van der Waals surface area contributed by atoms with Gasteiger partial charge < -0.3 is 15.3 Å². The third-order valence-electron chi connectivity index (χ3n) is 6.94. The molecule has 2 saturated heterocycles. The van der Waals surface area contributed by atoms with E-state index in [9.17, 15) is 19.1 Å². The maximum Gasteiger partial charge on any atom is 0.236 e. The Morgan fingerprint density at radius 1 is 1.16 bits per heavy atom. The van der Waals surface area contributed by atoms with Crippen molar-refractivity contribution in [3.8, 4) is 0 Å². The minimum Gasteiger partial charge on any atom is -0.512 e. The zero-order valence-electron chi connectivity index (χ0n) is 18.6. The number of likely N-dealkylation sites (tertiary alicyclic amines) is 2. The fourth-order valence-corrected chi connectivity index (χ4v) is 4.91. The van der Waals surface area contributed by atoms with E-state index in [-0.39, 0.29) is 29.5 Å². The van der Waals surface area contributed by atoms with Crippen molar-refractivity contribution in [1.82, 2.24) is 15.1 Å². The maximum atomic E-state index is 13.5. The van der Waals surface area contributed by atoms with Gasteiger partial charge in [-0.3, -0.25) is 14.5 Å². The molecule has 1 aliphatic carbocycles. The van der Waals surface area contributed by atoms with Crippen LogP contribution in [0.3, 0.4) is 0 Å². The number of rotatable bonds is 5. The molecule has 0 saturated carbocycles. The summed E-state index contributed by atoms with van der Waals surface area (Å²) < 4.78 is 13.5. The van der Waals surface area contributed by atoms with Crippen LogP contribution in [0.1, 0.15) is 44.1 Å². The van der Waals surface area contributed by atoms with Crippen LogP contribution in [-0.2, 0) is 9.59 Å². The van der Waals surface area contributed by atoms with Crippen LogP contribution in [0.15, 0.2) is 47.9 Å². The lowest BCUT2D eigenvalue weighted by Gasteiger charge is -2.33. The van der Waals surface area contributed by atoms with Crippen molar-refractivity contribution in [2.75, 3.05) is 32.7 Å². The van der Waals surface area contributed by atoms with E-state index in [1.807, 2.05) is 17.9 Å². The van der Waals surface area contributed by atoms with Crippen LogP contribution in [0.5, 0.6) is 0 Å². The number of carbonyl (C=O) groups excluding carboxylic acids is 2. The highest BCUT2D eigenvalue weighted by Crippen LogP contribution is 2.29. The maximum absolute atomic E-state index is 13.5. The number of amides is 2. The van der Waals surface area contributed by atoms with Crippen LogP contribution in [-0.4, -0.2) is 59.4 Å². The highest BCUT2D eigenvalue weighted by atomic mass is 19.1. The van der Waals surface area contributed by atoms with Gasteiger partial charge in [0.1, 0.15) is 5.82 Å². The molecule has 2 N–H and O–H groups in total. The van der Waals surface area contributed by atoms with Crippen molar-refractivity contribution < 1.29 is 19.1 Å². The van der Waals surface area contributed by atoms with Crippen molar-refractivity contribution in [3.05, 3.63) is 59.3 Å². The first-order chi connectivity index (χ1) is 15.4. The average Bonchev–Trinajstić information content (AvgIpc) is 3.25. The predicted octanol–water partition coefficient (Wildman–Crippen LogP) is 3.34. The summed E-state index contributed by atoms with van der Waals surface area (Å²) in [7, 11) is 0. The standard InChI is InChI=1S/C25H32FN3O3/c1-17-13-22(5-6-23(17)30)27-25(32)20-7-10-28(15-20)16-24(31)29-11-8-18(9-12-29)19-3-2-4-21(26)14-19/h2-6,14,17-18,20,30H,7-13,15-16H2,1H3,(H,27,32). The van der Waals surface area contributed by atoms with Gasteiger partial charge in [-0.15, -0.1) is 0 Å². The van der Waals surface area contributed by atoms with E-state index in [0.29, 0.717) is 44.3 Å². The quantitative estimate of drug-likeness (QED) is 0.735. The topological polar surface area (TPSA) is 72.9 Å². The summed E-state index contributed by atoms with van der Waals surface area (Å²) in [6, 6.07) is 6.76. The lowest BCUT2D eigenvalue weighted by Crippen LogP contribution is -2.43. The van der Waals surface area contributed by atoms with Crippen LogP contribution >= 0.6 is 0 Å². The molecule has 2 atom stereocenters. The molecule has 2 unspecified atom stereocenters. The number of hydrogen-bond acceptors (Lipinski definition) is 4. The van der Waals surface area contributed by atoms with Crippen LogP contribution in [0, 0.1) is 17.7 Å². The van der Waals surface area contributed by atoms with Gasteiger partial charge in [-0.2, -0.15) is 0 Å². The van der Waals surface area contributed by atoms with Gasteiger partial charge in [0.15, 0.2) is 0 Å². The smallest absolute Gasteiger partial charge is 0.236 e. The molecule has 2 heterocycles. The van der Waals surface area contributed by atoms with Crippen molar-refractivity contribution in [1.29, 1.82) is 0 Å². The van der Waals surface area contributed by atoms with E-state index in [2.05, 4.69) is 10.2 Å². The number of nitrogens with one attached hydrogen (secondary N) is 1. The molecule has 1 aromatic carbocycles. The Balaban J connectivity index is 1.22. The normalized spacial score (nSPS) is 24.8. The Morgan fingerprint density at radius 3 is 2.66 bits per heavy atom. The highest BCUT2D eigenvalue weighted by molar-refractivity contribution is 5.82. The molecule has 0 radical (unpaired) electrons. The molecular formula is C25H32FN3O3. The summed E-state index contributed by atoms with van der Waals surface area (Å²) >= 11 is 0. The van der Waals surface area contributed by atoms with Crippen molar-refractivity contribution in [3.63, 3.8) is 0 Å². The third kappa shape index (κ3) is 5.38. The number of aliphatic hydroxyl groups is 1. The fraction of sp³-hybridized carbons (Fsp3) is 0.520. The number of aliphatic hydroxyl groups excluding tert-OH is 1. The average molecular weight is 442 g/mol. The molecule has 0 bridgehead atoms. The monoisotopic (exact) mass is 441 g/mol. The molecule has 2 amide bonds. The van der Waals surface area contributed by atoms with Gasteiger partial charge in [0.2, 0.25) is 11.8 Å². The summed E-state index contributed by atoms with van der Waals surface area (Å²) in [4.78, 5) is 29.4. The summed E-state index contributed by atoms with van der Waals surface area (Å²) in [5.74, 6) is 0.404. The summed E-state index contributed by atoms with van der Waals surface area (Å²) in [6.45, 7) is 4.95. The van der Waals surface area contributed by atoms with Gasteiger partial charge in [-0.1, -0.05) is 19.1 Å². The molecule has 2 fully saturated rings. The van der Waals surface area contributed by atoms with E-state index in [4.69, 9.17) is 0 Å². The van der Waals surface area contributed by atoms with Crippen LogP contribution in [0.2, 0.25) is 0 Å². The Morgan fingerprint density at radius 2 is 1.94 bits per heavy atom. The molecule has 2 aliphatic heterocycles. The number of nitrogens with zero attached hydrogens (tertiary/aromatic N) is 2. The first kappa shape index (κ1) is 22.5. The minimum absolute atomic E-state index is 0.0101. The molecule has 6 nitrogen and oxygen atoms in total. The molecule has 1 aromatic rings. The zero-order valence-corrected chi connectivity index (χ0v) is 18.6. The minimum atomic E-state index is -0.211. The van der Waals surface area contributed by atoms with Gasteiger partial charge in [0, 0.05) is 31.2 Å². The number of halogens is 1. The second kappa shape index (κ2) is 9.86. The Hall–Kier alpha value is -2.67. The van der Waals surface area contributed by atoms with E-state index in [0.717, 1.165) is 37.1 Å². The van der Waals surface area contributed by atoms with Gasteiger partial charge >= 0.3 is 0 Å². The summed E-state index contributed by atoms with van der Waals surface area (Å²) in [5, 5.41) is 12.7. The Bertz CT molecular complexity index is 921. The summed E-state index contributed by atoms with van der Waals surface area (Å²) in [6.07, 6.45) is 6.45. The number of allylic oxidation sites excluding steroid dienone is 4.